The Morgan fingerprint density at radius 1 is 0.967 bits per heavy atom. The first-order chi connectivity index (χ1) is 14.4. The highest BCUT2D eigenvalue weighted by Crippen LogP contribution is 2.36. The van der Waals surface area contributed by atoms with E-state index < -0.39 is 0 Å². The van der Waals surface area contributed by atoms with Crippen molar-refractivity contribution in [1.82, 2.24) is 0 Å². The predicted molar refractivity (Wildman–Crippen MR) is 125 cm³/mol. The van der Waals surface area contributed by atoms with E-state index in [1.54, 1.807) is 54.6 Å². The van der Waals surface area contributed by atoms with E-state index in [0.717, 1.165) is 0 Å². The minimum Gasteiger partial charge on any atom is -0.495 e. The molecule has 154 valence electrons. The topological polar surface area (TPSA) is 85.6 Å². The summed E-state index contributed by atoms with van der Waals surface area (Å²) >= 11 is 11.6. The summed E-state index contributed by atoms with van der Waals surface area (Å²) in [7, 11) is 3.06. The van der Waals surface area contributed by atoms with E-state index in [0.29, 0.717) is 44.7 Å². The zero-order chi connectivity index (χ0) is 21.7. The number of methoxy groups -OCH3 is 2. The molecule has 6 nitrogen and oxygen atoms in total. The zero-order valence-electron chi connectivity index (χ0n) is 16.4. The summed E-state index contributed by atoms with van der Waals surface area (Å²) in [4.78, 5) is 12.8. The average molecular weight is 442 g/mol. The Hall–Kier alpha value is -3.29. The minimum absolute atomic E-state index is 0.167. The fourth-order valence-electron chi connectivity index (χ4n) is 2.82. The minimum atomic E-state index is -0.167. The summed E-state index contributed by atoms with van der Waals surface area (Å²) in [6.45, 7) is 0. The van der Waals surface area contributed by atoms with Crippen molar-refractivity contribution in [2.45, 2.75) is 0 Å². The van der Waals surface area contributed by atoms with Crippen LogP contribution in [-0.4, -0.2) is 25.1 Å². The van der Waals surface area contributed by atoms with E-state index in [4.69, 9.17) is 39.0 Å². The van der Waals surface area contributed by atoms with Gasteiger partial charge in [0.2, 0.25) is 0 Å². The van der Waals surface area contributed by atoms with Crippen LogP contribution in [0.25, 0.3) is 0 Å². The molecular weight excluding hydrogens is 422 g/mol. The van der Waals surface area contributed by atoms with Crippen LogP contribution < -0.4 is 25.8 Å². The maximum absolute atomic E-state index is 12.8. The summed E-state index contributed by atoms with van der Waals surface area (Å²) in [6.07, 6.45) is 0. The Bertz CT molecular complexity index is 1090. The van der Waals surface area contributed by atoms with E-state index in [2.05, 4.69) is 10.6 Å². The second-order valence-corrected chi connectivity index (χ2v) is 7.08. The van der Waals surface area contributed by atoms with Crippen LogP contribution in [0.5, 0.6) is 11.5 Å². The molecule has 30 heavy (non-hydrogen) atoms. The number of rotatable bonds is 6. The third-order valence-electron chi connectivity index (χ3n) is 4.31. The fraction of sp³-hybridized carbons (Fsp3) is 0.0909. The molecule has 3 aromatic carbocycles. The number of hydrogen-bond donors (Lipinski definition) is 3. The molecular formula is C22H20ClN3O3S. The first-order valence-electron chi connectivity index (χ1n) is 8.91. The molecule has 0 aliphatic rings. The number of carbonyl (C=O) groups is 1. The number of halogens is 1. The lowest BCUT2D eigenvalue weighted by atomic mass is 10.0. The number of nitrogen functional groups attached to an aromatic ring is 1. The molecule has 0 heterocycles. The third-order valence-corrected chi connectivity index (χ3v) is 4.81. The lowest BCUT2D eigenvalue weighted by Crippen LogP contribution is -2.20. The summed E-state index contributed by atoms with van der Waals surface area (Å²) in [6, 6.07) is 17.3. The molecule has 0 amide bonds. The lowest BCUT2D eigenvalue weighted by Gasteiger charge is -2.16. The normalized spacial score (nSPS) is 10.2. The molecule has 3 rings (SSSR count). The van der Waals surface area contributed by atoms with Crippen LogP contribution in [0.15, 0.2) is 60.7 Å². The molecule has 0 unspecified atom stereocenters. The summed E-state index contributed by atoms with van der Waals surface area (Å²) in [5, 5.41) is 6.78. The van der Waals surface area contributed by atoms with Crippen LogP contribution in [0.2, 0.25) is 5.02 Å². The van der Waals surface area contributed by atoms with Crippen LogP contribution in [-0.2, 0) is 0 Å². The SMILES string of the molecule is COc1cc(OC)c(NC(=S)Nc2ccc(N)c(C(=O)c3ccccc3)c2)cc1Cl. The standard InChI is InChI=1S/C22H20ClN3O3S/c1-28-19-12-20(29-2)18(11-16(19)23)26-22(30)25-14-8-9-17(24)15(10-14)21(27)13-6-4-3-5-7-13/h3-12H,24H2,1-2H3,(H2,25,26,30). The summed E-state index contributed by atoms with van der Waals surface area (Å²) in [5.74, 6) is 0.831. The highest BCUT2D eigenvalue weighted by Gasteiger charge is 2.14. The van der Waals surface area contributed by atoms with Gasteiger partial charge in [0, 0.05) is 28.6 Å². The Kier molecular flexibility index (Phi) is 6.76. The van der Waals surface area contributed by atoms with Crippen LogP contribution in [0, 0.1) is 0 Å². The third kappa shape index (κ3) is 4.82. The number of hydrogen-bond acceptors (Lipinski definition) is 5. The molecule has 0 aromatic heterocycles. The second-order valence-electron chi connectivity index (χ2n) is 6.26. The maximum atomic E-state index is 12.8. The van der Waals surface area contributed by atoms with Crippen molar-refractivity contribution in [3.8, 4) is 11.5 Å². The average Bonchev–Trinajstić information content (AvgIpc) is 2.75. The number of ketones is 1. The molecule has 3 aromatic rings. The van der Waals surface area contributed by atoms with Crippen molar-refractivity contribution in [2.24, 2.45) is 0 Å². The maximum Gasteiger partial charge on any atom is 0.195 e. The number of nitrogens with one attached hydrogen (secondary N) is 2. The first kappa shape index (κ1) is 21.4. The van der Waals surface area contributed by atoms with Gasteiger partial charge < -0.3 is 25.8 Å². The van der Waals surface area contributed by atoms with Crippen molar-refractivity contribution in [3.63, 3.8) is 0 Å². The number of ether oxygens (including phenoxy) is 2. The van der Waals surface area contributed by atoms with E-state index in [1.807, 2.05) is 6.07 Å². The quantitative estimate of drug-likeness (QED) is 0.282. The van der Waals surface area contributed by atoms with Gasteiger partial charge in [-0.05, 0) is 36.5 Å². The monoisotopic (exact) mass is 441 g/mol. The molecule has 0 saturated carbocycles. The van der Waals surface area contributed by atoms with Crippen molar-refractivity contribution in [1.29, 1.82) is 0 Å². The molecule has 4 N–H and O–H groups in total. The Morgan fingerprint density at radius 3 is 2.33 bits per heavy atom. The Morgan fingerprint density at radius 2 is 1.67 bits per heavy atom. The van der Waals surface area contributed by atoms with Crippen molar-refractivity contribution < 1.29 is 14.3 Å². The van der Waals surface area contributed by atoms with Crippen LogP contribution in [0.4, 0.5) is 17.1 Å². The van der Waals surface area contributed by atoms with Gasteiger partial charge in [-0.25, -0.2) is 0 Å². The number of carbonyl (C=O) groups excluding carboxylic acids is 1. The molecule has 0 atom stereocenters. The summed E-state index contributed by atoms with van der Waals surface area (Å²) < 4.78 is 10.6. The Balaban J connectivity index is 1.80. The molecule has 0 saturated heterocycles. The molecule has 0 fully saturated rings. The van der Waals surface area contributed by atoms with Gasteiger partial charge in [0.25, 0.3) is 0 Å². The van der Waals surface area contributed by atoms with Gasteiger partial charge >= 0.3 is 0 Å². The van der Waals surface area contributed by atoms with Crippen LogP contribution in [0.3, 0.4) is 0 Å². The molecule has 0 aliphatic heterocycles. The van der Waals surface area contributed by atoms with Gasteiger partial charge in [0.05, 0.1) is 24.9 Å². The lowest BCUT2D eigenvalue weighted by molar-refractivity contribution is 0.103. The van der Waals surface area contributed by atoms with E-state index in [9.17, 15) is 4.79 Å². The van der Waals surface area contributed by atoms with Crippen molar-refractivity contribution in [2.75, 3.05) is 30.6 Å². The molecule has 0 bridgehead atoms. The van der Waals surface area contributed by atoms with Gasteiger partial charge in [-0.1, -0.05) is 41.9 Å². The number of thiocarbonyl (C=S) groups is 1. The molecule has 0 spiro atoms. The Labute approximate surface area is 184 Å². The van der Waals surface area contributed by atoms with Crippen LogP contribution >= 0.6 is 23.8 Å². The molecule has 0 radical (unpaired) electrons. The smallest absolute Gasteiger partial charge is 0.195 e. The van der Waals surface area contributed by atoms with Crippen molar-refractivity contribution >= 4 is 51.8 Å². The number of anilines is 3. The summed E-state index contributed by atoms with van der Waals surface area (Å²) in [5.41, 5.74) is 8.53. The first-order valence-corrected chi connectivity index (χ1v) is 9.70. The number of nitrogens with two attached hydrogens (primary N) is 1. The van der Waals surface area contributed by atoms with Gasteiger partial charge in [0.15, 0.2) is 10.9 Å². The van der Waals surface area contributed by atoms with E-state index >= 15 is 0 Å². The van der Waals surface area contributed by atoms with Crippen molar-refractivity contribution in [3.05, 3.63) is 76.8 Å². The highest BCUT2D eigenvalue weighted by molar-refractivity contribution is 7.80. The van der Waals surface area contributed by atoms with Gasteiger partial charge in [0.1, 0.15) is 11.5 Å². The van der Waals surface area contributed by atoms with E-state index in [-0.39, 0.29) is 10.9 Å². The fourth-order valence-corrected chi connectivity index (χ4v) is 3.29. The zero-order valence-corrected chi connectivity index (χ0v) is 17.9. The second kappa shape index (κ2) is 9.47. The predicted octanol–water partition coefficient (Wildman–Crippen LogP) is 4.98. The van der Waals surface area contributed by atoms with E-state index in [1.165, 1.54) is 14.2 Å². The molecule has 8 heteroatoms. The van der Waals surface area contributed by atoms with Gasteiger partial charge in [-0.2, -0.15) is 0 Å². The van der Waals surface area contributed by atoms with Gasteiger partial charge in [-0.15, -0.1) is 0 Å². The van der Waals surface area contributed by atoms with Gasteiger partial charge in [-0.3, -0.25) is 4.79 Å². The highest BCUT2D eigenvalue weighted by atomic mass is 35.5. The molecule has 0 aliphatic carbocycles. The number of benzene rings is 3. The van der Waals surface area contributed by atoms with Crippen LogP contribution in [0.1, 0.15) is 15.9 Å². The largest absolute Gasteiger partial charge is 0.495 e.